The van der Waals surface area contributed by atoms with Crippen LogP contribution in [0.5, 0.6) is 0 Å². The number of thiocarbonyl (C=S) groups is 1. The van der Waals surface area contributed by atoms with Crippen molar-refractivity contribution in [2.75, 3.05) is 0 Å². The molecule has 11 heavy (non-hydrogen) atoms. The van der Waals surface area contributed by atoms with Gasteiger partial charge in [-0.25, -0.2) is 9.98 Å². The lowest BCUT2D eigenvalue weighted by atomic mass is 10.3. The molecule has 0 bridgehead atoms. The molecular formula is C6H8N4S. The highest BCUT2D eigenvalue weighted by molar-refractivity contribution is 7.78. The molecule has 0 aliphatic carbocycles. The Kier molecular flexibility index (Phi) is 2.46. The highest BCUT2D eigenvalue weighted by Crippen LogP contribution is 2.08. The number of aromatic nitrogens is 3. The first-order valence-corrected chi connectivity index (χ1v) is 3.57. The van der Waals surface area contributed by atoms with E-state index in [4.69, 9.17) is 0 Å². The average molecular weight is 168 g/mol. The van der Waals surface area contributed by atoms with Crippen molar-refractivity contribution >= 4 is 17.4 Å². The van der Waals surface area contributed by atoms with Gasteiger partial charge in [-0.1, -0.05) is 0 Å². The first kappa shape index (κ1) is 8.04. The van der Waals surface area contributed by atoms with Crippen LogP contribution in [0, 0.1) is 0 Å². The zero-order valence-corrected chi connectivity index (χ0v) is 7.17. The molecule has 0 saturated carbocycles. The predicted molar refractivity (Wildman–Crippen MR) is 44.4 cm³/mol. The van der Waals surface area contributed by atoms with Crippen LogP contribution in [-0.4, -0.2) is 19.9 Å². The first-order valence-electron chi connectivity index (χ1n) is 3.16. The van der Waals surface area contributed by atoms with Gasteiger partial charge in [0, 0.05) is 7.05 Å². The van der Waals surface area contributed by atoms with Crippen molar-refractivity contribution in [2.45, 2.75) is 13.0 Å². The smallest absolute Gasteiger partial charge is 0.175 e. The van der Waals surface area contributed by atoms with Crippen LogP contribution in [0.1, 0.15) is 18.8 Å². The van der Waals surface area contributed by atoms with Crippen molar-refractivity contribution in [2.24, 2.45) is 12.0 Å². The van der Waals surface area contributed by atoms with Gasteiger partial charge in [-0.15, -0.1) is 0 Å². The molecule has 0 radical (unpaired) electrons. The molecule has 0 saturated heterocycles. The van der Waals surface area contributed by atoms with Gasteiger partial charge < -0.3 is 0 Å². The van der Waals surface area contributed by atoms with E-state index >= 15 is 0 Å². The average Bonchev–Trinajstić information content (AvgIpc) is 2.36. The summed E-state index contributed by atoms with van der Waals surface area (Å²) < 4.78 is 1.63. The van der Waals surface area contributed by atoms with Crippen molar-refractivity contribution in [1.29, 1.82) is 0 Å². The van der Waals surface area contributed by atoms with Gasteiger partial charge in [0.05, 0.1) is 5.16 Å². The maximum atomic E-state index is 4.46. The number of rotatable bonds is 2. The Morgan fingerprint density at radius 3 is 3.00 bits per heavy atom. The second-order valence-electron chi connectivity index (χ2n) is 2.17. The van der Waals surface area contributed by atoms with Crippen LogP contribution in [-0.2, 0) is 7.05 Å². The van der Waals surface area contributed by atoms with Crippen LogP contribution in [0.2, 0.25) is 0 Å². The van der Waals surface area contributed by atoms with E-state index in [1.54, 1.807) is 11.0 Å². The third-order valence-corrected chi connectivity index (χ3v) is 1.34. The van der Waals surface area contributed by atoms with Gasteiger partial charge in [0.15, 0.2) is 5.82 Å². The highest BCUT2D eigenvalue weighted by atomic mass is 32.1. The van der Waals surface area contributed by atoms with E-state index in [2.05, 4.69) is 32.5 Å². The summed E-state index contributed by atoms with van der Waals surface area (Å²) in [5, 5.41) is 6.35. The molecule has 0 fully saturated rings. The number of isothiocyanates is 1. The minimum absolute atomic E-state index is 0.0892. The van der Waals surface area contributed by atoms with Crippen LogP contribution in [0.4, 0.5) is 0 Å². The SMILES string of the molecule is CC(N=C=S)c1ncn(C)n1. The second kappa shape index (κ2) is 3.37. The second-order valence-corrected chi connectivity index (χ2v) is 2.36. The Hall–Kier alpha value is -1.06. The molecular weight excluding hydrogens is 160 g/mol. The summed E-state index contributed by atoms with van der Waals surface area (Å²) in [5.74, 6) is 0.671. The largest absolute Gasteiger partial charge is 0.256 e. The molecule has 1 aromatic rings. The molecule has 0 aliphatic rings. The van der Waals surface area contributed by atoms with Crippen molar-refractivity contribution in [3.8, 4) is 0 Å². The molecule has 5 heteroatoms. The Labute approximate surface area is 70.0 Å². The number of hydrogen-bond acceptors (Lipinski definition) is 4. The zero-order valence-electron chi connectivity index (χ0n) is 6.35. The minimum Gasteiger partial charge on any atom is -0.256 e. The molecule has 1 aromatic heterocycles. The predicted octanol–water partition coefficient (Wildman–Crippen LogP) is 0.979. The summed E-state index contributed by atoms with van der Waals surface area (Å²) >= 11 is 4.46. The molecule has 0 spiro atoms. The Morgan fingerprint density at radius 2 is 2.55 bits per heavy atom. The Morgan fingerprint density at radius 1 is 1.82 bits per heavy atom. The molecule has 1 unspecified atom stereocenters. The summed E-state index contributed by atoms with van der Waals surface area (Å²) in [4.78, 5) is 7.84. The van der Waals surface area contributed by atoms with Gasteiger partial charge in [-0.2, -0.15) is 5.10 Å². The Balaban J connectivity index is 2.84. The first-order chi connectivity index (χ1) is 5.24. The topological polar surface area (TPSA) is 43.1 Å². The summed E-state index contributed by atoms with van der Waals surface area (Å²) in [6.07, 6.45) is 1.63. The van der Waals surface area contributed by atoms with Gasteiger partial charge in [0.1, 0.15) is 12.4 Å². The lowest BCUT2D eigenvalue weighted by molar-refractivity contribution is 0.697. The third kappa shape index (κ3) is 1.93. The van der Waals surface area contributed by atoms with E-state index in [9.17, 15) is 0 Å². The number of aryl methyl sites for hydroxylation is 1. The maximum Gasteiger partial charge on any atom is 0.175 e. The molecule has 0 N–H and O–H groups in total. The number of aliphatic imine (C=N–C) groups is 1. The van der Waals surface area contributed by atoms with E-state index < -0.39 is 0 Å². The fourth-order valence-corrected chi connectivity index (χ4v) is 0.842. The lowest BCUT2D eigenvalue weighted by Crippen LogP contribution is -1.94. The van der Waals surface area contributed by atoms with Gasteiger partial charge in [-0.3, -0.25) is 4.68 Å². The van der Waals surface area contributed by atoms with Gasteiger partial charge >= 0.3 is 0 Å². The van der Waals surface area contributed by atoms with Gasteiger partial charge in [0.2, 0.25) is 0 Å². The summed E-state index contributed by atoms with van der Waals surface area (Å²) in [7, 11) is 1.81. The summed E-state index contributed by atoms with van der Waals surface area (Å²) in [6, 6.07) is -0.0892. The molecule has 1 atom stereocenters. The van der Waals surface area contributed by atoms with Gasteiger partial charge in [0.25, 0.3) is 0 Å². The highest BCUT2D eigenvalue weighted by Gasteiger charge is 2.06. The van der Waals surface area contributed by atoms with Crippen LogP contribution >= 0.6 is 12.2 Å². The number of hydrogen-bond donors (Lipinski definition) is 0. The van der Waals surface area contributed by atoms with Crippen molar-refractivity contribution in [1.82, 2.24) is 14.8 Å². The summed E-state index contributed by atoms with van der Waals surface area (Å²) in [6.45, 7) is 1.87. The van der Waals surface area contributed by atoms with Gasteiger partial charge in [-0.05, 0) is 19.1 Å². The van der Waals surface area contributed by atoms with Crippen molar-refractivity contribution in [3.63, 3.8) is 0 Å². The lowest BCUT2D eigenvalue weighted by Gasteiger charge is -1.94. The normalized spacial score (nSPS) is 12.2. The fraction of sp³-hybridized carbons (Fsp3) is 0.500. The van der Waals surface area contributed by atoms with Crippen LogP contribution in [0.3, 0.4) is 0 Å². The quantitative estimate of drug-likeness (QED) is 0.488. The van der Waals surface area contributed by atoms with Crippen LogP contribution in [0.25, 0.3) is 0 Å². The molecule has 1 heterocycles. The van der Waals surface area contributed by atoms with Crippen molar-refractivity contribution < 1.29 is 0 Å². The number of nitrogens with zero attached hydrogens (tertiary/aromatic N) is 4. The Bertz CT molecular complexity index is 287. The molecule has 1 rings (SSSR count). The molecule has 0 aromatic carbocycles. The fourth-order valence-electron chi connectivity index (χ4n) is 0.684. The van der Waals surface area contributed by atoms with E-state index in [1.165, 1.54) is 0 Å². The summed E-state index contributed by atoms with van der Waals surface area (Å²) in [5.41, 5.74) is 0. The van der Waals surface area contributed by atoms with Crippen LogP contribution in [0.15, 0.2) is 11.3 Å². The van der Waals surface area contributed by atoms with E-state index in [0.717, 1.165) is 0 Å². The van der Waals surface area contributed by atoms with Crippen molar-refractivity contribution in [3.05, 3.63) is 12.2 Å². The molecule has 0 aliphatic heterocycles. The molecule has 58 valence electrons. The minimum atomic E-state index is -0.0892. The van der Waals surface area contributed by atoms with E-state index in [1.807, 2.05) is 14.0 Å². The molecule has 0 amide bonds. The third-order valence-electron chi connectivity index (χ3n) is 1.24. The zero-order chi connectivity index (χ0) is 8.27. The van der Waals surface area contributed by atoms with Crippen LogP contribution < -0.4 is 0 Å². The monoisotopic (exact) mass is 168 g/mol. The maximum absolute atomic E-state index is 4.46. The molecule has 4 nitrogen and oxygen atoms in total. The van der Waals surface area contributed by atoms with E-state index in [0.29, 0.717) is 5.82 Å². The van der Waals surface area contributed by atoms with E-state index in [-0.39, 0.29) is 6.04 Å². The standard InChI is InChI=1S/C6H8N4S/c1-5(8-4-11)6-7-3-10(2)9-6/h3,5H,1-2H3.